The number of aromatic nitrogens is 1. The fourth-order valence-corrected chi connectivity index (χ4v) is 5.09. The zero-order valence-corrected chi connectivity index (χ0v) is 23.5. The number of hydrogen-bond donors (Lipinski definition) is 0. The Labute approximate surface area is 219 Å². The standard InChI is InChI=1S/C28H39N3O4S/c1-8-30(9-2)13-14-31(28-29-22-15-19(6)20(7)16-25(22)36-28)27(32)21-17-23(33-10-3)26(35-12-5)24(18-21)34-11-4/h15-18H,8-14H2,1-7H3. The van der Waals surface area contributed by atoms with Crippen molar-refractivity contribution < 1.29 is 19.0 Å². The van der Waals surface area contributed by atoms with Crippen LogP contribution in [0.15, 0.2) is 24.3 Å². The number of nitrogens with zero attached hydrogens (tertiary/aromatic N) is 3. The van der Waals surface area contributed by atoms with Gasteiger partial charge in [-0.3, -0.25) is 9.69 Å². The van der Waals surface area contributed by atoms with Gasteiger partial charge in [-0.05, 0) is 83.1 Å². The van der Waals surface area contributed by atoms with E-state index >= 15 is 0 Å². The van der Waals surface area contributed by atoms with E-state index in [1.165, 1.54) is 11.1 Å². The van der Waals surface area contributed by atoms with Gasteiger partial charge in [-0.15, -0.1) is 0 Å². The zero-order valence-electron chi connectivity index (χ0n) is 22.6. The van der Waals surface area contributed by atoms with E-state index in [1.54, 1.807) is 28.4 Å². The number of thiazole rings is 1. The molecule has 0 N–H and O–H groups in total. The number of rotatable bonds is 13. The summed E-state index contributed by atoms with van der Waals surface area (Å²) in [6.07, 6.45) is 0. The Bertz CT molecular complexity index is 1110. The van der Waals surface area contributed by atoms with Gasteiger partial charge in [0.1, 0.15) is 0 Å². The van der Waals surface area contributed by atoms with E-state index in [0.717, 1.165) is 29.9 Å². The molecule has 8 heteroatoms. The summed E-state index contributed by atoms with van der Waals surface area (Å²) in [5.41, 5.74) is 3.80. The van der Waals surface area contributed by atoms with Gasteiger partial charge in [0.2, 0.25) is 5.75 Å². The summed E-state index contributed by atoms with van der Waals surface area (Å²) >= 11 is 1.55. The number of likely N-dealkylation sites (N-methyl/N-ethyl adjacent to an activating group) is 1. The highest BCUT2D eigenvalue weighted by atomic mass is 32.1. The van der Waals surface area contributed by atoms with Gasteiger partial charge in [0, 0.05) is 18.7 Å². The van der Waals surface area contributed by atoms with Crippen molar-refractivity contribution in [2.75, 3.05) is 50.9 Å². The van der Waals surface area contributed by atoms with E-state index in [-0.39, 0.29) is 5.91 Å². The zero-order chi connectivity index (χ0) is 26.2. The average molecular weight is 514 g/mol. The average Bonchev–Trinajstić information content (AvgIpc) is 3.26. The van der Waals surface area contributed by atoms with Crippen LogP contribution >= 0.6 is 11.3 Å². The normalized spacial score (nSPS) is 11.2. The van der Waals surface area contributed by atoms with Gasteiger partial charge in [0.25, 0.3) is 5.91 Å². The van der Waals surface area contributed by atoms with Crippen molar-refractivity contribution in [3.05, 3.63) is 41.0 Å². The SMILES string of the molecule is CCOc1cc(C(=O)N(CCN(CC)CC)c2nc3cc(C)c(C)cc3s2)cc(OCC)c1OCC. The predicted octanol–water partition coefficient (Wildman–Crippen LogP) is 6.10. The van der Waals surface area contributed by atoms with Crippen molar-refractivity contribution in [3.8, 4) is 17.2 Å². The Balaban J connectivity index is 2.09. The first-order valence-corrected chi connectivity index (χ1v) is 13.7. The molecular formula is C28H39N3O4S. The molecule has 0 saturated carbocycles. The highest BCUT2D eigenvalue weighted by Gasteiger charge is 2.25. The lowest BCUT2D eigenvalue weighted by Gasteiger charge is -2.25. The molecule has 3 aromatic rings. The summed E-state index contributed by atoms with van der Waals surface area (Å²) in [6.45, 7) is 18.7. The smallest absolute Gasteiger partial charge is 0.260 e. The third-order valence-electron chi connectivity index (χ3n) is 6.16. The Morgan fingerprint density at radius 1 is 0.833 bits per heavy atom. The van der Waals surface area contributed by atoms with Crippen molar-refractivity contribution in [3.63, 3.8) is 0 Å². The molecule has 0 aliphatic rings. The molecule has 0 aliphatic carbocycles. The van der Waals surface area contributed by atoms with Gasteiger partial charge in [-0.25, -0.2) is 4.98 Å². The highest BCUT2D eigenvalue weighted by molar-refractivity contribution is 7.22. The minimum absolute atomic E-state index is 0.139. The molecule has 1 heterocycles. The van der Waals surface area contributed by atoms with Crippen molar-refractivity contribution in [2.45, 2.75) is 48.5 Å². The van der Waals surface area contributed by atoms with E-state index in [1.807, 2.05) is 20.8 Å². The van der Waals surface area contributed by atoms with E-state index in [2.05, 4.69) is 44.7 Å². The number of anilines is 1. The van der Waals surface area contributed by atoms with Gasteiger partial charge >= 0.3 is 0 Å². The van der Waals surface area contributed by atoms with Gasteiger partial charge in [-0.2, -0.15) is 0 Å². The number of carbonyl (C=O) groups is 1. The molecule has 1 amide bonds. The fourth-order valence-electron chi connectivity index (χ4n) is 4.02. The molecule has 1 aromatic heterocycles. The molecule has 36 heavy (non-hydrogen) atoms. The number of benzene rings is 2. The van der Waals surface area contributed by atoms with E-state index < -0.39 is 0 Å². The van der Waals surface area contributed by atoms with Crippen LogP contribution in [0, 0.1) is 13.8 Å². The van der Waals surface area contributed by atoms with Crippen LogP contribution in [-0.2, 0) is 0 Å². The molecule has 0 unspecified atom stereocenters. The van der Waals surface area contributed by atoms with Crippen LogP contribution in [0.2, 0.25) is 0 Å². The molecule has 196 valence electrons. The van der Waals surface area contributed by atoms with Crippen molar-refractivity contribution in [1.29, 1.82) is 0 Å². The minimum atomic E-state index is -0.139. The predicted molar refractivity (Wildman–Crippen MR) is 149 cm³/mol. The first-order valence-electron chi connectivity index (χ1n) is 12.8. The highest BCUT2D eigenvalue weighted by Crippen LogP contribution is 2.40. The molecule has 0 aliphatic heterocycles. The summed E-state index contributed by atoms with van der Waals surface area (Å²) < 4.78 is 18.6. The van der Waals surface area contributed by atoms with Crippen LogP contribution in [0.4, 0.5) is 5.13 Å². The Morgan fingerprint density at radius 3 is 1.97 bits per heavy atom. The van der Waals surface area contributed by atoms with E-state index in [4.69, 9.17) is 19.2 Å². The summed E-state index contributed by atoms with van der Waals surface area (Å²) in [4.78, 5) is 23.0. The number of amides is 1. The maximum absolute atomic E-state index is 14.0. The van der Waals surface area contributed by atoms with Crippen molar-refractivity contribution in [2.24, 2.45) is 0 Å². The fraction of sp³-hybridized carbons (Fsp3) is 0.500. The molecule has 2 aromatic carbocycles. The third kappa shape index (κ3) is 6.28. The van der Waals surface area contributed by atoms with Gasteiger partial charge in [0.05, 0.1) is 30.0 Å². The van der Waals surface area contributed by atoms with Crippen LogP contribution in [0.1, 0.15) is 56.1 Å². The number of aryl methyl sites for hydroxylation is 2. The molecule has 0 fully saturated rings. The second-order valence-electron chi connectivity index (χ2n) is 8.48. The van der Waals surface area contributed by atoms with Crippen molar-refractivity contribution in [1.82, 2.24) is 9.88 Å². The lowest BCUT2D eigenvalue weighted by atomic mass is 10.1. The molecule has 0 atom stereocenters. The van der Waals surface area contributed by atoms with Crippen LogP contribution in [0.3, 0.4) is 0 Å². The molecule has 0 radical (unpaired) electrons. The van der Waals surface area contributed by atoms with Gasteiger partial charge in [0.15, 0.2) is 16.6 Å². The van der Waals surface area contributed by atoms with Gasteiger partial charge in [-0.1, -0.05) is 25.2 Å². The minimum Gasteiger partial charge on any atom is -0.490 e. The number of hydrogen-bond acceptors (Lipinski definition) is 7. The molecule has 7 nitrogen and oxygen atoms in total. The molecular weight excluding hydrogens is 474 g/mol. The topological polar surface area (TPSA) is 64.1 Å². The second-order valence-corrected chi connectivity index (χ2v) is 9.49. The van der Waals surface area contributed by atoms with Gasteiger partial charge < -0.3 is 19.1 Å². The second kappa shape index (κ2) is 12.9. The maximum Gasteiger partial charge on any atom is 0.260 e. The lowest BCUT2D eigenvalue weighted by Crippen LogP contribution is -2.38. The summed E-state index contributed by atoms with van der Waals surface area (Å²) in [7, 11) is 0. The summed E-state index contributed by atoms with van der Waals surface area (Å²) in [6, 6.07) is 7.75. The first-order chi connectivity index (χ1) is 17.4. The molecule has 0 saturated heterocycles. The first kappa shape index (κ1) is 27.7. The number of carbonyl (C=O) groups excluding carboxylic acids is 1. The third-order valence-corrected chi connectivity index (χ3v) is 7.20. The largest absolute Gasteiger partial charge is 0.490 e. The van der Waals surface area contributed by atoms with E-state index in [0.29, 0.717) is 54.3 Å². The van der Waals surface area contributed by atoms with Crippen LogP contribution < -0.4 is 19.1 Å². The van der Waals surface area contributed by atoms with Crippen LogP contribution in [0.5, 0.6) is 17.2 Å². The molecule has 0 bridgehead atoms. The summed E-state index contributed by atoms with van der Waals surface area (Å²) in [5.74, 6) is 1.40. The monoisotopic (exact) mass is 513 g/mol. The maximum atomic E-state index is 14.0. The van der Waals surface area contributed by atoms with Crippen molar-refractivity contribution >= 4 is 32.6 Å². The summed E-state index contributed by atoms with van der Waals surface area (Å²) in [5, 5.41) is 0.692. The molecule has 3 rings (SSSR count). The Morgan fingerprint density at radius 2 is 1.42 bits per heavy atom. The van der Waals surface area contributed by atoms with E-state index in [9.17, 15) is 4.79 Å². The van der Waals surface area contributed by atoms with Crippen LogP contribution in [0.25, 0.3) is 10.2 Å². The Kier molecular flexibility index (Phi) is 9.96. The Hall–Kier alpha value is -2.84. The molecule has 0 spiro atoms. The van der Waals surface area contributed by atoms with Crippen LogP contribution in [-0.4, -0.2) is 61.8 Å². The number of ether oxygens (including phenoxy) is 3. The lowest BCUT2D eigenvalue weighted by molar-refractivity contribution is 0.0982. The quantitative estimate of drug-likeness (QED) is 0.275. The number of fused-ring (bicyclic) bond motifs is 1.